The topological polar surface area (TPSA) is 94.4 Å². The highest BCUT2D eigenvalue weighted by Gasteiger charge is 2.42. The molecular formula is C16H23N5O4. The number of aromatic nitrogens is 4. The molecule has 2 fully saturated rings. The number of imidazole rings is 1. The third kappa shape index (κ3) is 2.82. The van der Waals surface area contributed by atoms with Crippen molar-refractivity contribution in [2.24, 2.45) is 7.05 Å². The van der Waals surface area contributed by atoms with Gasteiger partial charge in [-0.3, -0.25) is 19.2 Å². The molecule has 9 heteroatoms. The van der Waals surface area contributed by atoms with Gasteiger partial charge in [0.2, 0.25) is 5.91 Å². The van der Waals surface area contributed by atoms with E-state index in [9.17, 15) is 9.59 Å². The van der Waals surface area contributed by atoms with E-state index in [1.54, 1.807) is 17.9 Å². The maximum absolute atomic E-state index is 12.2. The summed E-state index contributed by atoms with van der Waals surface area (Å²) in [6, 6.07) is 0. The molecule has 0 bridgehead atoms. The number of rotatable bonds is 3. The van der Waals surface area contributed by atoms with Crippen molar-refractivity contribution in [1.82, 2.24) is 24.0 Å². The summed E-state index contributed by atoms with van der Waals surface area (Å²) in [4.78, 5) is 32.6. The van der Waals surface area contributed by atoms with Crippen LogP contribution >= 0.6 is 0 Å². The Morgan fingerprint density at radius 1 is 1.32 bits per heavy atom. The van der Waals surface area contributed by atoms with E-state index in [1.807, 2.05) is 6.92 Å². The molecule has 2 aliphatic heterocycles. The smallest absolute Gasteiger partial charge is 0.329 e. The second-order valence-corrected chi connectivity index (χ2v) is 6.88. The van der Waals surface area contributed by atoms with Crippen molar-refractivity contribution < 1.29 is 9.47 Å². The molecule has 136 valence electrons. The first-order valence-electron chi connectivity index (χ1n) is 8.69. The highest BCUT2D eigenvalue weighted by molar-refractivity contribution is 5.69. The van der Waals surface area contributed by atoms with Gasteiger partial charge in [-0.05, 0) is 12.8 Å². The van der Waals surface area contributed by atoms with Gasteiger partial charge in [-0.25, -0.2) is 9.78 Å². The minimum Gasteiger partial charge on any atom is -0.335 e. The maximum Gasteiger partial charge on any atom is 0.329 e. The Balaban J connectivity index is 1.56. The molecule has 4 heterocycles. The zero-order valence-electron chi connectivity index (χ0n) is 14.5. The number of ether oxygens (including phenoxy) is 2. The molecule has 2 aromatic heterocycles. The molecule has 0 aliphatic carbocycles. The number of piperidine rings is 1. The lowest BCUT2D eigenvalue weighted by atomic mass is 10.1. The van der Waals surface area contributed by atoms with Crippen LogP contribution in [0.3, 0.4) is 0 Å². The van der Waals surface area contributed by atoms with Gasteiger partial charge < -0.3 is 14.0 Å². The number of aryl methyl sites for hydroxylation is 1. The lowest BCUT2D eigenvalue weighted by Crippen LogP contribution is -2.50. The van der Waals surface area contributed by atoms with E-state index in [4.69, 9.17) is 9.47 Å². The SMILES string of the molecule is Cn1c(=O)[nH]c(=O)c2c1ncn2CC1COC(C)(N2CCCCC2)O1. The molecule has 1 N–H and O–H groups in total. The second kappa shape index (κ2) is 6.08. The highest BCUT2D eigenvalue weighted by Crippen LogP contribution is 2.30. The standard InChI is InChI=1S/C16H23N5O4/c1-16(21-6-4-3-5-7-21)24-9-11(25-16)8-20-10-17-13-12(20)14(22)18-15(23)19(13)2/h10-11H,3-9H2,1-2H3,(H,18,22,23). The fraction of sp³-hybridized carbons (Fsp3) is 0.688. The molecule has 0 saturated carbocycles. The Morgan fingerprint density at radius 2 is 2.08 bits per heavy atom. The van der Waals surface area contributed by atoms with E-state index < -0.39 is 17.2 Å². The third-order valence-corrected chi connectivity index (χ3v) is 5.13. The Labute approximate surface area is 144 Å². The number of nitrogens with zero attached hydrogens (tertiary/aromatic N) is 4. The Morgan fingerprint density at radius 3 is 2.84 bits per heavy atom. The lowest BCUT2D eigenvalue weighted by molar-refractivity contribution is -0.257. The Kier molecular flexibility index (Phi) is 4.01. The van der Waals surface area contributed by atoms with Crippen molar-refractivity contribution in [2.45, 2.75) is 44.7 Å². The van der Waals surface area contributed by atoms with Crippen LogP contribution in [0.15, 0.2) is 15.9 Å². The molecule has 0 radical (unpaired) electrons. The second-order valence-electron chi connectivity index (χ2n) is 6.88. The van der Waals surface area contributed by atoms with Crippen molar-refractivity contribution in [3.63, 3.8) is 0 Å². The number of nitrogens with one attached hydrogen (secondary N) is 1. The lowest BCUT2D eigenvalue weighted by Gasteiger charge is -2.38. The monoisotopic (exact) mass is 349 g/mol. The largest absolute Gasteiger partial charge is 0.335 e. The predicted molar refractivity (Wildman–Crippen MR) is 90.2 cm³/mol. The average molecular weight is 349 g/mol. The van der Waals surface area contributed by atoms with Gasteiger partial charge >= 0.3 is 5.69 Å². The van der Waals surface area contributed by atoms with Crippen molar-refractivity contribution in [2.75, 3.05) is 19.7 Å². The zero-order chi connectivity index (χ0) is 17.6. The zero-order valence-corrected chi connectivity index (χ0v) is 14.5. The summed E-state index contributed by atoms with van der Waals surface area (Å²) in [6.45, 7) is 4.80. The Hall–Kier alpha value is -1.97. The van der Waals surface area contributed by atoms with Crippen LogP contribution in [-0.4, -0.2) is 55.7 Å². The number of likely N-dealkylation sites (tertiary alicyclic amines) is 1. The first-order valence-corrected chi connectivity index (χ1v) is 8.69. The van der Waals surface area contributed by atoms with Crippen LogP contribution in [0.1, 0.15) is 26.2 Å². The molecule has 0 spiro atoms. The fourth-order valence-electron chi connectivity index (χ4n) is 3.72. The van der Waals surface area contributed by atoms with Crippen LogP contribution in [0.5, 0.6) is 0 Å². The van der Waals surface area contributed by atoms with E-state index in [2.05, 4.69) is 14.9 Å². The van der Waals surface area contributed by atoms with Gasteiger partial charge in [0, 0.05) is 27.1 Å². The van der Waals surface area contributed by atoms with E-state index in [0.717, 1.165) is 25.9 Å². The van der Waals surface area contributed by atoms with Crippen LogP contribution < -0.4 is 11.2 Å². The molecule has 2 saturated heterocycles. The van der Waals surface area contributed by atoms with Gasteiger partial charge in [0.15, 0.2) is 11.2 Å². The summed E-state index contributed by atoms with van der Waals surface area (Å²) in [5, 5.41) is 0. The predicted octanol–water partition coefficient (Wildman–Crippen LogP) is -0.00170. The van der Waals surface area contributed by atoms with E-state index in [1.165, 1.54) is 11.0 Å². The van der Waals surface area contributed by atoms with Crippen LogP contribution in [0.4, 0.5) is 0 Å². The van der Waals surface area contributed by atoms with Gasteiger partial charge in [-0.2, -0.15) is 0 Å². The van der Waals surface area contributed by atoms with Crippen molar-refractivity contribution >= 4 is 11.2 Å². The van der Waals surface area contributed by atoms with Gasteiger partial charge in [-0.15, -0.1) is 0 Å². The summed E-state index contributed by atoms with van der Waals surface area (Å²) in [7, 11) is 1.58. The number of H-pyrrole nitrogens is 1. The fourth-order valence-corrected chi connectivity index (χ4v) is 3.72. The molecule has 2 aliphatic rings. The van der Waals surface area contributed by atoms with Crippen LogP contribution in [-0.2, 0) is 23.1 Å². The molecule has 25 heavy (non-hydrogen) atoms. The molecule has 4 rings (SSSR count). The minimum absolute atomic E-state index is 0.180. The molecule has 2 unspecified atom stereocenters. The summed E-state index contributed by atoms with van der Waals surface area (Å²) < 4.78 is 15.2. The summed E-state index contributed by atoms with van der Waals surface area (Å²) in [5.74, 6) is -0.708. The maximum atomic E-state index is 12.2. The normalized spacial score (nSPS) is 28.0. The van der Waals surface area contributed by atoms with Gasteiger partial charge in [0.25, 0.3) is 5.56 Å². The van der Waals surface area contributed by atoms with Crippen molar-refractivity contribution in [3.8, 4) is 0 Å². The summed E-state index contributed by atoms with van der Waals surface area (Å²) in [5.41, 5.74) is -0.169. The number of fused-ring (bicyclic) bond motifs is 1. The quantitative estimate of drug-likeness (QED) is 0.838. The summed E-state index contributed by atoms with van der Waals surface area (Å²) in [6.07, 6.45) is 4.95. The van der Waals surface area contributed by atoms with E-state index in [-0.39, 0.29) is 6.10 Å². The molecule has 2 aromatic rings. The van der Waals surface area contributed by atoms with Crippen molar-refractivity contribution in [1.29, 1.82) is 0 Å². The van der Waals surface area contributed by atoms with Crippen LogP contribution in [0.2, 0.25) is 0 Å². The van der Waals surface area contributed by atoms with Crippen LogP contribution in [0, 0.1) is 0 Å². The minimum atomic E-state index is -0.708. The third-order valence-electron chi connectivity index (χ3n) is 5.13. The number of aromatic amines is 1. The average Bonchev–Trinajstić information content (AvgIpc) is 3.19. The molecule has 9 nitrogen and oxygen atoms in total. The van der Waals surface area contributed by atoms with Gasteiger partial charge in [0.05, 0.1) is 19.5 Å². The summed E-state index contributed by atoms with van der Waals surface area (Å²) >= 11 is 0. The molecule has 0 aromatic carbocycles. The van der Waals surface area contributed by atoms with Gasteiger partial charge in [-0.1, -0.05) is 6.42 Å². The number of hydrogen-bond donors (Lipinski definition) is 1. The Bertz CT molecular complexity index is 894. The van der Waals surface area contributed by atoms with E-state index >= 15 is 0 Å². The van der Waals surface area contributed by atoms with Gasteiger partial charge in [0.1, 0.15) is 6.10 Å². The number of hydrogen-bond acceptors (Lipinski definition) is 6. The molecular weight excluding hydrogens is 326 g/mol. The highest BCUT2D eigenvalue weighted by atomic mass is 16.8. The van der Waals surface area contributed by atoms with Crippen LogP contribution in [0.25, 0.3) is 11.2 Å². The molecule has 0 amide bonds. The first kappa shape index (κ1) is 16.5. The van der Waals surface area contributed by atoms with Crippen molar-refractivity contribution in [3.05, 3.63) is 27.2 Å². The van der Waals surface area contributed by atoms with E-state index in [0.29, 0.717) is 24.3 Å². The first-order chi connectivity index (χ1) is 12.0. The molecule has 2 atom stereocenters.